The molecular formula is C23H16ClF5N3O+. The van der Waals surface area contributed by atoms with Crippen LogP contribution in [0, 0.1) is 11.6 Å². The van der Waals surface area contributed by atoms with E-state index in [2.05, 4.69) is 9.98 Å². The quantitative estimate of drug-likeness (QED) is 0.274. The van der Waals surface area contributed by atoms with Crippen LogP contribution in [0.1, 0.15) is 35.0 Å². The SMILES string of the molecule is CCO/C=C/c1cnc2[n+](c1)-c1ccc(C(F)(F)F)c(Cl)c1C(c1c(F)cccc1F)=NC2. The lowest BCUT2D eigenvalue weighted by atomic mass is 9.97. The second kappa shape index (κ2) is 8.90. The van der Waals surface area contributed by atoms with Gasteiger partial charge < -0.3 is 4.74 Å². The number of fused-ring (bicyclic) bond motifs is 3. The van der Waals surface area contributed by atoms with Gasteiger partial charge in [0.1, 0.15) is 30.1 Å². The first-order valence-corrected chi connectivity index (χ1v) is 10.2. The summed E-state index contributed by atoms with van der Waals surface area (Å²) in [5, 5.41) is -0.711. The van der Waals surface area contributed by atoms with Gasteiger partial charge in [-0.15, -0.1) is 0 Å². The monoisotopic (exact) mass is 480 g/mol. The molecule has 0 spiro atoms. The van der Waals surface area contributed by atoms with E-state index in [4.69, 9.17) is 16.3 Å². The molecule has 0 saturated heterocycles. The minimum atomic E-state index is -4.79. The fourth-order valence-electron chi connectivity index (χ4n) is 3.47. The summed E-state index contributed by atoms with van der Waals surface area (Å²) < 4.78 is 76.9. The van der Waals surface area contributed by atoms with Crippen LogP contribution < -0.4 is 4.57 Å². The van der Waals surface area contributed by atoms with Crippen LogP contribution in [0.3, 0.4) is 0 Å². The number of hydrogen-bond donors (Lipinski definition) is 0. The van der Waals surface area contributed by atoms with Gasteiger partial charge in [0, 0.05) is 0 Å². The molecule has 0 atom stereocenters. The summed E-state index contributed by atoms with van der Waals surface area (Å²) in [6.07, 6.45) is 1.43. The number of hydrogen-bond acceptors (Lipinski definition) is 3. The number of nitrogens with zero attached hydrogens (tertiary/aromatic N) is 3. The number of benzene rings is 2. The third-order valence-corrected chi connectivity index (χ3v) is 5.33. The molecule has 4 nitrogen and oxygen atoms in total. The molecule has 0 aliphatic carbocycles. The maximum atomic E-state index is 14.7. The number of ether oxygens (including phenoxy) is 1. The normalized spacial score (nSPS) is 13.4. The summed E-state index contributed by atoms with van der Waals surface area (Å²) in [6, 6.07) is 5.17. The average molecular weight is 481 g/mol. The molecule has 1 aromatic heterocycles. The molecule has 33 heavy (non-hydrogen) atoms. The molecule has 3 aromatic rings. The van der Waals surface area contributed by atoms with E-state index in [-0.39, 0.29) is 23.5 Å². The van der Waals surface area contributed by atoms with E-state index in [1.54, 1.807) is 12.3 Å². The largest absolute Gasteiger partial charge is 0.501 e. The molecule has 0 radical (unpaired) electrons. The van der Waals surface area contributed by atoms with Crippen molar-refractivity contribution >= 4 is 23.4 Å². The van der Waals surface area contributed by atoms with Crippen LogP contribution in [0.4, 0.5) is 22.0 Å². The van der Waals surface area contributed by atoms with Crippen molar-refractivity contribution in [3.05, 3.63) is 93.7 Å². The highest BCUT2D eigenvalue weighted by atomic mass is 35.5. The summed E-state index contributed by atoms with van der Waals surface area (Å²) >= 11 is 6.23. The summed E-state index contributed by atoms with van der Waals surface area (Å²) in [6.45, 7) is 2.11. The van der Waals surface area contributed by atoms with Crippen molar-refractivity contribution in [1.29, 1.82) is 0 Å². The number of rotatable bonds is 4. The molecule has 4 rings (SSSR count). The van der Waals surface area contributed by atoms with Gasteiger partial charge in [0.15, 0.2) is 6.20 Å². The number of aliphatic imine (C=N–C) groups is 1. The summed E-state index contributed by atoms with van der Waals surface area (Å²) in [5.74, 6) is -1.61. The van der Waals surface area contributed by atoms with Gasteiger partial charge in [-0.2, -0.15) is 17.7 Å². The Morgan fingerprint density at radius 2 is 1.85 bits per heavy atom. The number of alkyl halides is 3. The van der Waals surface area contributed by atoms with Crippen LogP contribution in [0.2, 0.25) is 5.02 Å². The predicted octanol–water partition coefficient (Wildman–Crippen LogP) is 5.67. The van der Waals surface area contributed by atoms with Crippen molar-refractivity contribution in [3.8, 4) is 5.69 Å². The van der Waals surface area contributed by atoms with Gasteiger partial charge >= 0.3 is 12.0 Å². The van der Waals surface area contributed by atoms with E-state index in [1.807, 2.05) is 6.92 Å². The Labute approximate surface area is 190 Å². The lowest BCUT2D eigenvalue weighted by Gasteiger charge is -2.16. The van der Waals surface area contributed by atoms with Gasteiger partial charge in [0.25, 0.3) is 0 Å². The van der Waals surface area contributed by atoms with Gasteiger partial charge in [-0.1, -0.05) is 22.7 Å². The van der Waals surface area contributed by atoms with E-state index in [9.17, 15) is 22.0 Å². The standard InChI is InChI=1S/C23H16ClF5N3O/c1-2-33-9-8-13-10-30-18-11-31-22(19-15(25)4-3-5-16(19)26)20-17(32(18)12-13)7-6-14(21(20)24)23(27,28)29/h3-10,12H,2,11H2,1H3/q+1/b9-8+. The Kier molecular flexibility index (Phi) is 6.16. The van der Waals surface area contributed by atoms with E-state index < -0.39 is 34.0 Å². The first-order chi connectivity index (χ1) is 15.7. The molecule has 2 aromatic carbocycles. The molecule has 1 aliphatic heterocycles. The first-order valence-electron chi connectivity index (χ1n) is 9.80. The molecule has 0 bridgehead atoms. The third kappa shape index (κ3) is 4.32. The highest BCUT2D eigenvalue weighted by Crippen LogP contribution is 2.39. The average Bonchev–Trinajstić information content (AvgIpc) is 2.91. The Hall–Kier alpha value is -3.33. The molecule has 0 fully saturated rings. The van der Waals surface area contributed by atoms with Crippen molar-refractivity contribution in [2.75, 3.05) is 6.61 Å². The molecule has 0 saturated carbocycles. The molecule has 0 amide bonds. The van der Waals surface area contributed by atoms with Crippen molar-refractivity contribution in [3.63, 3.8) is 0 Å². The van der Waals surface area contributed by atoms with E-state index in [1.165, 1.54) is 23.1 Å². The highest BCUT2D eigenvalue weighted by Gasteiger charge is 2.38. The zero-order valence-corrected chi connectivity index (χ0v) is 17.9. The Balaban J connectivity index is 2.02. The van der Waals surface area contributed by atoms with E-state index >= 15 is 0 Å². The van der Waals surface area contributed by atoms with Crippen LogP contribution in [0.25, 0.3) is 11.8 Å². The van der Waals surface area contributed by atoms with Crippen LogP contribution >= 0.6 is 11.6 Å². The van der Waals surface area contributed by atoms with Gasteiger partial charge in [0.05, 0.1) is 45.9 Å². The minimum absolute atomic E-state index is 0.148. The van der Waals surface area contributed by atoms with Gasteiger partial charge in [-0.3, -0.25) is 4.99 Å². The molecular weight excluding hydrogens is 465 g/mol. The lowest BCUT2D eigenvalue weighted by Crippen LogP contribution is -2.38. The summed E-state index contributed by atoms with van der Waals surface area (Å²) in [7, 11) is 0. The van der Waals surface area contributed by atoms with Crippen LogP contribution in [-0.4, -0.2) is 17.3 Å². The minimum Gasteiger partial charge on any atom is -0.501 e. The maximum Gasteiger partial charge on any atom is 0.417 e. The van der Waals surface area contributed by atoms with Gasteiger partial charge in [0.2, 0.25) is 0 Å². The fourth-order valence-corrected chi connectivity index (χ4v) is 3.83. The molecule has 170 valence electrons. The number of aromatic nitrogens is 2. The summed E-state index contributed by atoms with van der Waals surface area (Å²) in [4.78, 5) is 8.57. The van der Waals surface area contributed by atoms with E-state index in [0.717, 1.165) is 24.3 Å². The molecule has 1 aliphatic rings. The second-order valence-electron chi connectivity index (χ2n) is 7.01. The Morgan fingerprint density at radius 3 is 2.52 bits per heavy atom. The smallest absolute Gasteiger partial charge is 0.417 e. The lowest BCUT2D eigenvalue weighted by molar-refractivity contribution is -0.608. The summed E-state index contributed by atoms with van der Waals surface area (Å²) in [5.41, 5.74) is -1.54. The Bertz CT molecular complexity index is 1270. The van der Waals surface area contributed by atoms with Gasteiger partial charge in [-0.05, 0) is 37.3 Å². The zero-order valence-electron chi connectivity index (χ0n) is 17.1. The van der Waals surface area contributed by atoms with Crippen LogP contribution in [-0.2, 0) is 17.5 Å². The number of halogens is 6. The van der Waals surface area contributed by atoms with Crippen molar-refractivity contribution < 1.29 is 31.3 Å². The fraction of sp³-hybridized carbons (Fsp3) is 0.174. The van der Waals surface area contributed by atoms with Crippen LogP contribution in [0.5, 0.6) is 0 Å². The second-order valence-corrected chi connectivity index (χ2v) is 7.39. The molecule has 0 N–H and O–H groups in total. The third-order valence-electron chi connectivity index (χ3n) is 4.94. The van der Waals surface area contributed by atoms with Crippen molar-refractivity contribution in [2.24, 2.45) is 4.99 Å². The predicted molar refractivity (Wildman–Crippen MR) is 112 cm³/mol. The first kappa shape index (κ1) is 22.8. The van der Waals surface area contributed by atoms with Crippen molar-refractivity contribution in [1.82, 2.24) is 4.98 Å². The zero-order chi connectivity index (χ0) is 23.8. The van der Waals surface area contributed by atoms with E-state index in [0.29, 0.717) is 18.0 Å². The Morgan fingerprint density at radius 1 is 1.12 bits per heavy atom. The molecule has 10 heteroatoms. The molecule has 0 unspecified atom stereocenters. The maximum absolute atomic E-state index is 14.7. The topological polar surface area (TPSA) is 38.4 Å². The van der Waals surface area contributed by atoms with Crippen molar-refractivity contribution in [2.45, 2.75) is 19.6 Å². The molecule has 2 heterocycles. The van der Waals surface area contributed by atoms with Gasteiger partial charge in [-0.25, -0.2) is 8.78 Å². The highest BCUT2D eigenvalue weighted by molar-refractivity contribution is 6.37. The van der Waals surface area contributed by atoms with Crippen LogP contribution in [0.15, 0.2) is 54.0 Å².